The first-order valence-corrected chi connectivity index (χ1v) is 7.74. The molecule has 1 aromatic carbocycles. The van der Waals surface area contributed by atoms with Gasteiger partial charge < -0.3 is 0 Å². The second-order valence-corrected chi connectivity index (χ2v) is 6.21. The van der Waals surface area contributed by atoms with E-state index in [0.29, 0.717) is 0 Å². The Bertz CT molecular complexity index is 528. The second kappa shape index (κ2) is 8.46. The number of rotatable bonds is 5. The molecule has 0 heteroatoms. The molecule has 0 spiro atoms. The second-order valence-electron chi connectivity index (χ2n) is 6.21. The maximum absolute atomic E-state index is 2.24. The molecule has 0 saturated carbocycles. The van der Waals surface area contributed by atoms with E-state index in [1.54, 1.807) is 0 Å². The summed E-state index contributed by atoms with van der Waals surface area (Å²) in [4.78, 5) is 0. The van der Waals surface area contributed by atoms with Crippen molar-refractivity contribution >= 4 is 6.08 Å². The molecule has 0 aliphatic heterocycles. The van der Waals surface area contributed by atoms with Crippen LogP contribution in [0.5, 0.6) is 0 Å². The lowest BCUT2D eigenvalue weighted by atomic mass is 9.87. The van der Waals surface area contributed by atoms with Crippen molar-refractivity contribution in [2.24, 2.45) is 0 Å². The Morgan fingerprint density at radius 3 is 2.19 bits per heavy atom. The molecule has 0 bridgehead atoms. The summed E-state index contributed by atoms with van der Waals surface area (Å²) in [6, 6.07) is 8.79. The third-order valence-electron chi connectivity index (χ3n) is 3.40. The first-order valence-electron chi connectivity index (χ1n) is 7.74. The molecular weight excluding hydrogens is 252 g/mol. The van der Waals surface area contributed by atoms with Gasteiger partial charge >= 0.3 is 0 Å². The van der Waals surface area contributed by atoms with E-state index in [0.717, 1.165) is 6.42 Å². The molecule has 1 rings (SSSR count). The molecule has 0 N–H and O–H groups in total. The van der Waals surface area contributed by atoms with E-state index in [9.17, 15) is 0 Å². The minimum atomic E-state index is 0.218. The lowest BCUT2D eigenvalue weighted by Crippen LogP contribution is -2.10. The average molecular weight is 280 g/mol. The van der Waals surface area contributed by atoms with Crippen LogP contribution in [0.25, 0.3) is 6.08 Å². The van der Waals surface area contributed by atoms with Crippen molar-refractivity contribution in [1.29, 1.82) is 0 Å². The van der Waals surface area contributed by atoms with Crippen molar-refractivity contribution in [2.45, 2.75) is 46.5 Å². The Labute approximate surface area is 130 Å². The minimum absolute atomic E-state index is 0.218. The Kier molecular flexibility index (Phi) is 6.94. The topological polar surface area (TPSA) is 0 Å². The highest BCUT2D eigenvalue weighted by atomic mass is 14.2. The zero-order valence-electron chi connectivity index (χ0n) is 14.1. The summed E-state index contributed by atoms with van der Waals surface area (Å²) in [6.45, 7) is 10.9. The normalized spacial score (nSPS) is 13.9. The first-order chi connectivity index (χ1) is 9.97. The Hall–Kier alpha value is -1.82. The smallest absolute Gasteiger partial charge is 0.0132 e. The van der Waals surface area contributed by atoms with Crippen LogP contribution in [-0.2, 0) is 5.41 Å². The largest absolute Gasteiger partial charge is 0.0877 e. The van der Waals surface area contributed by atoms with Crippen LogP contribution in [-0.4, -0.2) is 0 Å². The third-order valence-corrected chi connectivity index (χ3v) is 3.40. The summed E-state index contributed by atoms with van der Waals surface area (Å²) < 4.78 is 0. The molecule has 1 aromatic rings. The summed E-state index contributed by atoms with van der Waals surface area (Å²) in [5, 5.41) is 0. The van der Waals surface area contributed by atoms with E-state index in [1.807, 2.05) is 6.92 Å². The summed E-state index contributed by atoms with van der Waals surface area (Å²) in [7, 11) is 0. The molecule has 21 heavy (non-hydrogen) atoms. The molecule has 0 aromatic heterocycles. The summed E-state index contributed by atoms with van der Waals surface area (Å²) in [5.74, 6) is 0. The number of hydrogen-bond donors (Lipinski definition) is 0. The van der Waals surface area contributed by atoms with E-state index in [4.69, 9.17) is 0 Å². The molecule has 0 heterocycles. The van der Waals surface area contributed by atoms with Crippen LogP contribution in [0.2, 0.25) is 0 Å². The fourth-order valence-corrected chi connectivity index (χ4v) is 1.95. The summed E-state index contributed by atoms with van der Waals surface area (Å²) >= 11 is 0. The molecule has 112 valence electrons. The number of allylic oxidation sites excluding steroid dienone is 7. The average Bonchev–Trinajstić information content (AvgIpc) is 2.46. The lowest BCUT2D eigenvalue weighted by Gasteiger charge is -2.18. The number of hydrogen-bond acceptors (Lipinski definition) is 0. The van der Waals surface area contributed by atoms with Crippen molar-refractivity contribution < 1.29 is 0 Å². The van der Waals surface area contributed by atoms with Gasteiger partial charge in [0.15, 0.2) is 0 Å². The van der Waals surface area contributed by atoms with Gasteiger partial charge in [-0.15, -0.1) is 0 Å². The summed E-state index contributed by atoms with van der Waals surface area (Å²) in [6.07, 6.45) is 15.9. The van der Waals surface area contributed by atoms with Gasteiger partial charge in [-0.1, -0.05) is 94.5 Å². The van der Waals surface area contributed by atoms with Gasteiger partial charge in [0.1, 0.15) is 0 Å². The van der Waals surface area contributed by atoms with Crippen molar-refractivity contribution in [1.82, 2.24) is 0 Å². The monoisotopic (exact) mass is 280 g/mol. The molecule has 0 atom stereocenters. The number of benzene rings is 1. The lowest BCUT2D eigenvalue weighted by molar-refractivity contribution is 0.590. The van der Waals surface area contributed by atoms with Crippen LogP contribution in [0.1, 0.15) is 52.2 Å². The van der Waals surface area contributed by atoms with E-state index >= 15 is 0 Å². The maximum atomic E-state index is 2.24. The van der Waals surface area contributed by atoms with E-state index in [2.05, 4.69) is 94.5 Å². The van der Waals surface area contributed by atoms with Gasteiger partial charge in [0.2, 0.25) is 0 Å². The summed E-state index contributed by atoms with van der Waals surface area (Å²) in [5.41, 5.74) is 4.16. The van der Waals surface area contributed by atoms with Gasteiger partial charge in [-0.25, -0.2) is 0 Å². The zero-order valence-corrected chi connectivity index (χ0v) is 14.1. The van der Waals surface area contributed by atoms with Crippen LogP contribution in [0.3, 0.4) is 0 Å². The van der Waals surface area contributed by atoms with Gasteiger partial charge in [-0.3, -0.25) is 0 Å². The van der Waals surface area contributed by atoms with Crippen LogP contribution in [0.4, 0.5) is 0 Å². The Morgan fingerprint density at radius 1 is 1.00 bits per heavy atom. The SMILES string of the molecule is C\C=C/C=C(/C=C/C=C/c1ccc(C(C)(C)C)cc1)CC. The molecule has 0 saturated heterocycles. The molecule has 0 nitrogen and oxygen atoms in total. The predicted molar refractivity (Wildman–Crippen MR) is 96.5 cm³/mol. The Morgan fingerprint density at radius 2 is 1.67 bits per heavy atom. The first kappa shape index (κ1) is 17.2. The maximum Gasteiger partial charge on any atom is -0.0132 e. The highest BCUT2D eigenvalue weighted by molar-refractivity contribution is 5.52. The molecule has 0 amide bonds. The fourth-order valence-electron chi connectivity index (χ4n) is 1.95. The third kappa shape index (κ3) is 6.44. The fraction of sp³-hybridized carbons (Fsp3) is 0.333. The quantitative estimate of drug-likeness (QED) is 0.542. The molecule has 0 aliphatic rings. The van der Waals surface area contributed by atoms with E-state index < -0.39 is 0 Å². The molecule has 0 unspecified atom stereocenters. The van der Waals surface area contributed by atoms with Gasteiger partial charge in [0, 0.05) is 0 Å². The minimum Gasteiger partial charge on any atom is -0.0877 e. The molecule has 0 aliphatic carbocycles. The standard InChI is InChI=1S/C21H28/c1-6-8-11-18(7-2)12-9-10-13-19-14-16-20(17-15-19)21(3,4)5/h6,8-17H,7H2,1-5H3/b8-6-,12-9+,13-10+,18-11+. The zero-order chi connectivity index (χ0) is 15.7. The van der Waals surface area contributed by atoms with Gasteiger partial charge in [0.25, 0.3) is 0 Å². The molecule has 0 radical (unpaired) electrons. The van der Waals surface area contributed by atoms with Gasteiger partial charge in [-0.05, 0) is 35.5 Å². The highest BCUT2D eigenvalue weighted by Crippen LogP contribution is 2.22. The van der Waals surface area contributed by atoms with Crippen molar-refractivity contribution in [3.63, 3.8) is 0 Å². The molecular formula is C21H28. The van der Waals surface area contributed by atoms with Crippen LogP contribution in [0, 0.1) is 0 Å². The highest BCUT2D eigenvalue weighted by Gasteiger charge is 2.12. The van der Waals surface area contributed by atoms with Crippen molar-refractivity contribution in [3.8, 4) is 0 Å². The van der Waals surface area contributed by atoms with Gasteiger partial charge in [-0.2, -0.15) is 0 Å². The Balaban J connectivity index is 2.69. The van der Waals surface area contributed by atoms with Crippen LogP contribution >= 0.6 is 0 Å². The van der Waals surface area contributed by atoms with Crippen molar-refractivity contribution in [3.05, 3.63) is 77.4 Å². The molecule has 0 fully saturated rings. The van der Waals surface area contributed by atoms with Gasteiger partial charge in [0.05, 0.1) is 0 Å². The predicted octanol–water partition coefficient (Wildman–Crippen LogP) is 6.47. The van der Waals surface area contributed by atoms with Crippen LogP contribution in [0.15, 0.2) is 66.3 Å². The van der Waals surface area contributed by atoms with Crippen molar-refractivity contribution in [2.75, 3.05) is 0 Å². The van der Waals surface area contributed by atoms with Crippen LogP contribution < -0.4 is 0 Å². The van der Waals surface area contributed by atoms with E-state index in [1.165, 1.54) is 16.7 Å². The van der Waals surface area contributed by atoms with E-state index in [-0.39, 0.29) is 5.41 Å².